The maximum absolute atomic E-state index is 11.3. The lowest BCUT2D eigenvalue weighted by Crippen LogP contribution is -2.00. The third kappa shape index (κ3) is 2.34. The van der Waals surface area contributed by atoms with Gasteiger partial charge in [-0.2, -0.15) is 5.10 Å². The van der Waals surface area contributed by atoms with Crippen molar-refractivity contribution in [3.05, 3.63) is 36.2 Å². The van der Waals surface area contributed by atoms with Crippen molar-refractivity contribution in [1.29, 1.82) is 0 Å². The van der Waals surface area contributed by atoms with Gasteiger partial charge in [-0.3, -0.25) is 0 Å². The van der Waals surface area contributed by atoms with E-state index in [9.17, 15) is 8.42 Å². The molecule has 1 aromatic heterocycles. The first-order chi connectivity index (χ1) is 8.43. The van der Waals surface area contributed by atoms with E-state index in [4.69, 9.17) is 15.4 Å². The Labute approximate surface area is 109 Å². The van der Waals surface area contributed by atoms with E-state index in [-0.39, 0.29) is 4.90 Å². The number of rotatable bonds is 3. The minimum Gasteiger partial charge on any atom is -0.497 e. The van der Waals surface area contributed by atoms with Crippen molar-refractivity contribution in [2.24, 2.45) is 0 Å². The van der Waals surface area contributed by atoms with Crippen LogP contribution < -0.4 is 4.74 Å². The zero-order valence-electron chi connectivity index (χ0n) is 9.79. The lowest BCUT2D eigenvalue weighted by atomic mass is 10.3. The first kappa shape index (κ1) is 12.9. The standard InChI is InChI=1S/C11H11ClN2O3S/c1-8-11(18(12,15)16)7-13-14(8)9-4-3-5-10(6-9)17-2/h3-7H,1-2H3. The first-order valence-corrected chi connectivity index (χ1v) is 7.38. The third-order valence-corrected chi connectivity index (χ3v) is 3.95. The Hall–Kier alpha value is -1.53. The summed E-state index contributed by atoms with van der Waals surface area (Å²) in [5, 5.41) is 4.03. The summed E-state index contributed by atoms with van der Waals surface area (Å²) in [5.41, 5.74) is 1.16. The molecule has 0 saturated heterocycles. The van der Waals surface area contributed by atoms with Crippen LogP contribution >= 0.6 is 10.7 Å². The summed E-state index contributed by atoms with van der Waals surface area (Å²) in [6.07, 6.45) is 1.23. The second kappa shape index (κ2) is 4.62. The maximum Gasteiger partial charge on any atom is 0.264 e. The Morgan fingerprint density at radius 2 is 2.11 bits per heavy atom. The smallest absolute Gasteiger partial charge is 0.264 e. The Balaban J connectivity index is 2.55. The number of halogens is 1. The molecule has 0 saturated carbocycles. The summed E-state index contributed by atoms with van der Waals surface area (Å²) in [6.45, 7) is 1.64. The van der Waals surface area contributed by atoms with Gasteiger partial charge in [0, 0.05) is 16.7 Å². The molecule has 0 fully saturated rings. The van der Waals surface area contributed by atoms with Crippen molar-refractivity contribution in [3.8, 4) is 11.4 Å². The van der Waals surface area contributed by atoms with Gasteiger partial charge in [0.25, 0.3) is 9.05 Å². The predicted molar refractivity (Wildman–Crippen MR) is 67.9 cm³/mol. The average Bonchev–Trinajstić information content (AvgIpc) is 2.71. The molecule has 5 nitrogen and oxygen atoms in total. The highest BCUT2D eigenvalue weighted by molar-refractivity contribution is 8.13. The second-order valence-electron chi connectivity index (χ2n) is 3.65. The fourth-order valence-electron chi connectivity index (χ4n) is 1.64. The molecule has 0 N–H and O–H groups in total. The van der Waals surface area contributed by atoms with E-state index >= 15 is 0 Å². The molecule has 1 heterocycles. The van der Waals surface area contributed by atoms with E-state index in [1.165, 1.54) is 10.9 Å². The van der Waals surface area contributed by atoms with E-state index in [1.54, 1.807) is 38.3 Å². The predicted octanol–water partition coefficient (Wildman–Crippen LogP) is 2.12. The SMILES string of the molecule is COc1cccc(-n2ncc(S(=O)(=O)Cl)c2C)c1. The second-order valence-corrected chi connectivity index (χ2v) is 6.18. The van der Waals surface area contributed by atoms with Gasteiger partial charge in [-0.1, -0.05) is 6.07 Å². The summed E-state index contributed by atoms with van der Waals surface area (Å²) in [4.78, 5) is 0.00647. The molecule has 18 heavy (non-hydrogen) atoms. The van der Waals surface area contributed by atoms with Gasteiger partial charge >= 0.3 is 0 Å². The molecule has 1 aromatic carbocycles. The van der Waals surface area contributed by atoms with Gasteiger partial charge in [-0.05, 0) is 19.1 Å². The highest BCUT2D eigenvalue weighted by Gasteiger charge is 2.18. The molecule has 0 aliphatic heterocycles. The topological polar surface area (TPSA) is 61.2 Å². The molecule has 0 aliphatic rings. The Morgan fingerprint density at radius 3 is 2.67 bits per heavy atom. The molecular weight excluding hydrogens is 276 g/mol. The van der Waals surface area contributed by atoms with Crippen molar-refractivity contribution in [1.82, 2.24) is 9.78 Å². The Kier molecular flexibility index (Phi) is 3.32. The van der Waals surface area contributed by atoms with E-state index < -0.39 is 9.05 Å². The molecule has 0 atom stereocenters. The Bertz CT molecular complexity index is 679. The van der Waals surface area contributed by atoms with Crippen LogP contribution in [-0.2, 0) is 9.05 Å². The Morgan fingerprint density at radius 1 is 1.39 bits per heavy atom. The molecule has 2 aromatic rings. The van der Waals surface area contributed by atoms with Gasteiger partial charge in [0.2, 0.25) is 0 Å². The van der Waals surface area contributed by atoms with Crippen molar-refractivity contribution >= 4 is 19.7 Å². The number of nitrogens with zero attached hydrogens (tertiary/aromatic N) is 2. The van der Waals surface area contributed by atoms with Crippen molar-refractivity contribution in [3.63, 3.8) is 0 Å². The molecular formula is C11H11ClN2O3S. The van der Waals surface area contributed by atoms with Crippen LogP contribution in [0.5, 0.6) is 5.75 Å². The van der Waals surface area contributed by atoms with Crippen LogP contribution in [0.25, 0.3) is 5.69 Å². The molecule has 0 amide bonds. The molecule has 0 bridgehead atoms. The first-order valence-electron chi connectivity index (χ1n) is 5.07. The highest BCUT2D eigenvalue weighted by Crippen LogP contribution is 2.23. The van der Waals surface area contributed by atoms with Gasteiger partial charge in [-0.25, -0.2) is 13.1 Å². The van der Waals surface area contributed by atoms with Crippen LogP contribution in [0.15, 0.2) is 35.4 Å². The van der Waals surface area contributed by atoms with Crippen LogP contribution in [-0.4, -0.2) is 25.3 Å². The van der Waals surface area contributed by atoms with Gasteiger partial charge in [0.1, 0.15) is 10.6 Å². The van der Waals surface area contributed by atoms with Crippen LogP contribution in [0, 0.1) is 6.92 Å². The number of hydrogen-bond donors (Lipinski definition) is 0. The van der Waals surface area contributed by atoms with E-state index in [2.05, 4.69) is 5.10 Å². The lowest BCUT2D eigenvalue weighted by Gasteiger charge is -2.06. The number of benzene rings is 1. The largest absolute Gasteiger partial charge is 0.497 e. The molecule has 0 unspecified atom stereocenters. The number of ether oxygens (including phenoxy) is 1. The van der Waals surface area contributed by atoms with E-state index in [0.717, 1.165) is 0 Å². The van der Waals surface area contributed by atoms with Gasteiger partial charge in [0.15, 0.2) is 0 Å². The lowest BCUT2D eigenvalue weighted by molar-refractivity contribution is 0.414. The van der Waals surface area contributed by atoms with Gasteiger partial charge in [-0.15, -0.1) is 0 Å². The number of hydrogen-bond acceptors (Lipinski definition) is 4. The fraction of sp³-hybridized carbons (Fsp3) is 0.182. The number of methoxy groups -OCH3 is 1. The fourth-order valence-corrected chi connectivity index (χ4v) is 2.70. The normalized spacial score (nSPS) is 11.5. The summed E-state index contributed by atoms with van der Waals surface area (Å²) in [5.74, 6) is 0.665. The monoisotopic (exact) mass is 286 g/mol. The van der Waals surface area contributed by atoms with Crippen LogP contribution in [0.3, 0.4) is 0 Å². The quantitative estimate of drug-likeness (QED) is 0.811. The van der Waals surface area contributed by atoms with Crippen LogP contribution in [0.1, 0.15) is 5.69 Å². The summed E-state index contributed by atoms with van der Waals surface area (Å²) in [7, 11) is 3.10. The highest BCUT2D eigenvalue weighted by atomic mass is 35.7. The molecule has 0 aliphatic carbocycles. The molecule has 0 radical (unpaired) electrons. The zero-order chi connectivity index (χ0) is 13.3. The van der Waals surface area contributed by atoms with Gasteiger partial charge < -0.3 is 4.74 Å². The van der Waals surface area contributed by atoms with Crippen LogP contribution in [0.4, 0.5) is 0 Å². The third-order valence-electron chi connectivity index (χ3n) is 2.53. The van der Waals surface area contributed by atoms with Crippen molar-refractivity contribution in [2.45, 2.75) is 11.8 Å². The van der Waals surface area contributed by atoms with Crippen molar-refractivity contribution < 1.29 is 13.2 Å². The minimum absolute atomic E-state index is 0.00647. The van der Waals surface area contributed by atoms with Crippen molar-refractivity contribution in [2.75, 3.05) is 7.11 Å². The summed E-state index contributed by atoms with van der Waals surface area (Å²) < 4.78 is 29.2. The summed E-state index contributed by atoms with van der Waals surface area (Å²) >= 11 is 0. The molecule has 7 heteroatoms. The molecule has 96 valence electrons. The number of aromatic nitrogens is 2. The average molecular weight is 287 g/mol. The van der Waals surface area contributed by atoms with E-state index in [1.807, 2.05) is 0 Å². The summed E-state index contributed by atoms with van der Waals surface area (Å²) in [6, 6.07) is 7.14. The van der Waals surface area contributed by atoms with Crippen LogP contribution in [0.2, 0.25) is 0 Å². The van der Waals surface area contributed by atoms with Gasteiger partial charge in [0.05, 0.1) is 24.7 Å². The molecule has 2 rings (SSSR count). The molecule has 0 spiro atoms. The zero-order valence-corrected chi connectivity index (χ0v) is 11.4. The van der Waals surface area contributed by atoms with E-state index in [0.29, 0.717) is 17.1 Å². The maximum atomic E-state index is 11.3. The minimum atomic E-state index is -3.78.